The van der Waals surface area contributed by atoms with Crippen LogP contribution in [0, 0.1) is 6.92 Å². The first-order chi connectivity index (χ1) is 13.2. The van der Waals surface area contributed by atoms with Gasteiger partial charge in [-0.25, -0.2) is 14.7 Å². The molecule has 0 amide bonds. The van der Waals surface area contributed by atoms with E-state index in [1.165, 1.54) is 22.3 Å². The summed E-state index contributed by atoms with van der Waals surface area (Å²) in [5, 5.41) is 10.9. The van der Waals surface area contributed by atoms with Crippen molar-refractivity contribution in [1.82, 2.24) is 25.4 Å². The van der Waals surface area contributed by atoms with E-state index in [2.05, 4.69) is 83.1 Å². The van der Waals surface area contributed by atoms with Crippen LogP contribution in [0.2, 0.25) is 0 Å². The summed E-state index contributed by atoms with van der Waals surface area (Å²) < 4.78 is 1.82. The summed E-state index contributed by atoms with van der Waals surface area (Å²) in [6.45, 7) is 7.08. The van der Waals surface area contributed by atoms with Crippen LogP contribution in [0.1, 0.15) is 29.2 Å². The molecule has 0 aliphatic rings. The third-order valence-corrected chi connectivity index (χ3v) is 4.11. The van der Waals surface area contributed by atoms with E-state index in [9.17, 15) is 0 Å². The molecule has 0 unspecified atom stereocenters. The topological polar surface area (TPSA) is 67.1 Å². The van der Waals surface area contributed by atoms with E-state index >= 15 is 0 Å². The summed E-state index contributed by atoms with van der Waals surface area (Å²) in [6, 6.07) is 16.9. The third-order valence-electron chi connectivity index (χ3n) is 4.11. The second-order valence-corrected chi connectivity index (χ2v) is 6.45. The highest BCUT2D eigenvalue weighted by molar-refractivity contribution is 5.79. The smallest absolute Gasteiger partial charge is 0.191 e. The molecule has 6 heteroatoms. The highest BCUT2D eigenvalue weighted by atomic mass is 15.3. The Morgan fingerprint density at radius 1 is 1.04 bits per heavy atom. The molecule has 0 aliphatic heterocycles. The first-order valence-corrected chi connectivity index (χ1v) is 9.21. The number of nitrogens with one attached hydrogen (secondary N) is 2. The number of aliphatic imine (C=N–C) groups is 1. The zero-order valence-electron chi connectivity index (χ0n) is 15.9. The van der Waals surface area contributed by atoms with Crippen LogP contribution in [0.25, 0.3) is 0 Å². The number of hydrogen-bond acceptors (Lipinski definition) is 3. The van der Waals surface area contributed by atoms with Gasteiger partial charge < -0.3 is 10.6 Å². The van der Waals surface area contributed by atoms with Gasteiger partial charge in [-0.15, -0.1) is 0 Å². The molecule has 6 nitrogen and oxygen atoms in total. The van der Waals surface area contributed by atoms with Crippen molar-refractivity contribution >= 4 is 5.96 Å². The molecular formula is C21H26N6. The number of hydrogen-bond donors (Lipinski definition) is 2. The maximum atomic E-state index is 4.70. The Balaban J connectivity index is 1.61. The first-order valence-electron chi connectivity index (χ1n) is 9.21. The molecule has 27 heavy (non-hydrogen) atoms. The van der Waals surface area contributed by atoms with Crippen molar-refractivity contribution in [3.05, 3.63) is 83.4 Å². The zero-order valence-corrected chi connectivity index (χ0v) is 15.9. The molecule has 140 valence electrons. The third kappa shape index (κ3) is 5.95. The molecule has 0 fully saturated rings. The first kappa shape index (κ1) is 18.6. The maximum Gasteiger partial charge on any atom is 0.191 e. The fourth-order valence-corrected chi connectivity index (χ4v) is 2.85. The van der Waals surface area contributed by atoms with E-state index in [1.807, 2.05) is 4.68 Å². The van der Waals surface area contributed by atoms with Gasteiger partial charge in [0, 0.05) is 13.1 Å². The van der Waals surface area contributed by atoms with Gasteiger partial charge in [-0.1, -0.05) is 54.1 Å². The van der Waals surface area contributed by atoms with Gasteiger partial charge in [-0.2, -0.15) is 5.10 Å². The van der Waals surface area contributed by atoms with Crippen LogP contribution in [0.3, 0.4) is 0 Å². The largest absolute Gasteiger partial charge is 0.357 e. The normalized spacial score (nSPS) is 11.4. The number of benzene rings is 2. The van der Waals surface area contributed by atoms with Crippen molar-refractivity contribution in [2.45, 2.75) is 33.5 Å². The predicted molar refractivity (Wildman–Crippen MR) is 108 cm³/mol. The van der Waals surface area contributed by atoms with Gasteiger partial charge in [-0.3, -0.25) is 0 Å². The van der Waals surface area contributed by atoms with Gasteiger partial charge in [0.25, 0.3) is 0 Å². The molecule has 0 saturated carbocycles. The fourth-order valence-electron chi connectivity index (χ4n) is 2.85. The highest BCUT2D eigenvalue weighted by Crippen LogP contribution is 2.07. The lowest BCUT2D eigenvalue weighted by Crippen LogP contribution is -2.36. The van der Waals surface area contributed by atoms with Gasteiger partial charge in [0.05, 0.1) is 13.1 Å². The van der Waals surface area contributed by atoms with Crippen LogP contribution >= 0.6 is 0 Å². The van der Waals surface area contributed by atoms with Crippen molar-refractivity contribution in [2.75, 3.05) is 6.54 Å². The zero-order chi connectivity index (χ0) is 18.9. The molecule has 2 aromatic carbocycles. The Morgan fingerprint density at radius 3 is 2.63 bits per heavy atom. The van der Waals surface area contributed by atoms with Crippen LogP contribution in [-0.2, 0) is 19.6 Å². The van der Waals surface area contributed by atoms with E-state index in [1.54, 1.807) is 12.7 Å². The molecule has 1 aromatic heterocycles. The Labute approximate surface area is 160 Å². The molecule has 0 saturated heterocycles. The molecule has 0 aliphatic carbocycles. The Bertz CT molecular complexity index is 870. The van der Waals surface area contributed by atoms with Gasteiger partial charge in [0.2, 0.25) is 0 Å². The van der Waals surface area contributed by atoms with Gasteiger partial charge in [0.1, 0.15) is 12.7 Å². The van der Waals surface area contributed by atoms with Gasteiger partial charge in [0.15, 0.2) is 5.96 Å². The number of nitrogens with zero attached hydrogens (tertiary/aromatic N) is 4. The van der Waals surface area contributed by atoms with Crippen LogP contribution in [0.15, 0.2) is 66.2 Å². The van der Waals surface area contributed by atoms with Crippen LogP contribution < -0.4 is 10.6 Å². The second-order valence-electron chi connectivity index (χ2n) is 6.45. The lowest BCUT2D eigenvalue weighted by atomic mass is 10.1. The number of guanidine groups is 1. The second kappa shape index (κ2) is 9.52. The summed E-state index contributed by atoms with van der Waals surface area (Å²) >= 11 is 0. The maximum absolute atomic E-state index is 4.70. The van der Waals surface area contributed by atoms with Crippen molar-refractivity contribution < 1.29 is 0 Å². The Kier molecular flexibility index (Phi) is 6.57. The molecule has 0 radical (unpaired) electrons. The number of aryl methyl sites for hydroxylation is 1. The molecule has 0 bridgehead atoms. The summed E-state index contributed by atoms with van der Waals surface area (Å²) in [7, 11) is 0. The molecule has 3 rings (SSSR count). The summed E-state index contributed by atoms with van der Waals surface area (Å²) in [5.74, 6) is 0.820. The van der Waals surface area contributed by atoms with Gasteiger partial charge >= 0.3 is 0 Å². The molecule has 3 aromatic rings. The van der Waals surface area contributed by atoms with E-state index in [0.717, 1.165) is 19.0 Å². The van der Waals surface area contributed by atoms with E-state index < -0.39 is 0 Å². The minimum atomic E-state index is 0.656. The van der Waals surface area contributed by atoms with Crippen molar-refractivity contribution in [1.29, 1.82) is 0 Å². The van der Waals surface area contributed by atoms with Crippen molar-refractivity contribution in [3.63, 3.8) is 0 Å². The average Bonchev–Trinajstić information content (AvgIpc) is 3.17. The minimum absolute atomic E-state index is 0.656. The predicted octanol–water partition coefficient (Wildman–Crippen LogP) is 2.89. The number of aromatic nitrogens is 3. The summed E-state index contributed by atoms with van der Waals surface area (Å²) in [5.41, 5.74) is 4.86. The highest BCUT2D eigenvalue weighted by Gasteiger charge is 2.01. The van der Waals surface area contributed by atoms with Crippen LogP contribution in [-0.4, -0.2) is 27.3 Å². The lowest BCUT2D eigenvalue weighted by molar-refractivity contribution is 0.683. The lowest BCUT2D eigenvalue weighted by Gasteiger charge is -2.12. The SMILES string of the molecule is CCNC(=NCc1cccc(C)c1)NCc1cccc(Cn2cncn2)c1. The van der Waals surface area contributed by atoms with E-state index in [-0.39, 0.29) is 0 Å². The van der Waals surface area contributed by atoms with Crippen molar-refractivity contribution in [2.24, 2.45) is 4.99 Å². The Hall–Kier alpha value is -3.15. The van der Waals surface area contributed by atoms with Crippen molar-refractivity contribution in [3.8, 4) is 0 Å². The molecule has 0 atom stereocenters. The van der Waals surface area contributed by atoms with E-state index in [0.29, 0.717) is 13.1 Å². The standard InChI is InChI=1S/C21H26N6/c1-3-23-21(24-12-18-7-4-6-17(2)10-18)25-13-19-8-5-9-20(11-19)14-27-16-22-15-26-27/h4-11,15-16H,3,12-14H2,1-2H3,(H2,23,24,25). The van der Waals surface area contributed by atoms with Crippen LogP contribution in [0.4, 0.5) is 0 Å². The monoisotopic (exact) mass is 362 g/mol. The number of rotatable bonds is 7. The summed E-state index contributed by atoms with van der Waals surface area (Å²) in [4.78, 5) is 8.68. The average molecular weight is 362 g/mol. The van der Waals surface area contributed by atoms with Gasteiger partial charge in [-0.05, 0) is 30.5 Å². The summed E-state index contributed by atoms with van der Waals surface area (Å²) in [6.07, 6.45) is 3.28. The van der Waals surface area contributed by atoms with E-state index in [4.69, 9.17) is 4.99 Å². The molecule has 0 spiro atoms. The Morgan fingerprint density at radius 2 is 1.85 bits per heavy atom. The minimum Gasteiger partial charge on any atom is -0.357 e. The van der Waals surface area contributed by atoms with Crippen LogP contribution in [0.5, 0.6) is 0 Å². The quantitative estimate of drug-likeness (QED) is 0.501. The molecule has 2 N–H and O–H groups in total. The molecular weight excluding hydrogens is 336 g/mol. The fraction of sp³-hybridized carbons (Fsp3) is 0.286. The molecule has 1 heterocycles.